The Morgan fingerprint density at radius 3 is 2.83 bits per heavy atom. The number of carbonyl (C=O) groups excluding carboxylic acids is 3. The summed E-state index contributed by atoms with van der Waals surface area (Å²) in [6.07, 6.45) is 4.72. The smallest absolute Gasteiger partial charge is 0.253 e. The minimum atomic E-state index is -0.0880. The molecule has 0 radical (unpaired) electrons. The maximum atomic E-state index is 12.9. The first kappa shape index (κ1) is 19.4. The lowest BCUT2D eigenvalue weighted by molar-refractivity contribution is -0.126. The minimum absolute atomic E-state index is 0.0227. The van der Waals surface area contributed by atoms with Crippen molar-refractivity contribution in [2.45, 2.75) is 24.3 Å². The first-order chi connectivity index (χ1) is 14.1. The van der Waals surface area contributed by atoms with Crippen LogP contribution in [0.5, 0.6) is 0 Å². The maximum absolute atomic E-state index is 12.9. The number of nitrogens with one attached hydrogen (secondary N) is 2. The summed E-state index contributed by atoms with van der Waals surface area (Å²) in [5.74, 6) is 0.220. The quantitative estimate of drug-likeness (QED) is 0.807. The fourth-order valence-electron chi connectivity index (χ4n) is 3.58. The van der Waals surface area contributed by atoms with Gasteiger partial charge in [-0.3, -0.25) is 19.4 Å². The van der Waals surface area contributed by atoms with Crippen LogP contribution in [0.1, 0.15) is 28.8 Å². The van der Waals surface area contributed by atoms with Gasteiger partial charge in [0.25, 0.3) is 5.91 Å². The van der Waals surface area contributed by atoms with Gasteiger partial charge in [-0.25, -0.2) is 0 Å². The number of fused-ring (bicyclic) bond motifs is 1. The Morgan fingerprint density at radius 1 is 1.24 bits per heavy atom. The molecule has 2 aliphatic rings. The van der Waals surface area contributed by atoms with Crippen LogP contribution < -0.4 is 10.6 Å². The van der Waals surface area contributed by atoms with Gasteiger partial charge in [0.1, 0.15) is 0 Å². The van der Waals surface area contributed by atoms with Crippen LogP contribution in [0.15, 0.2) is 47.6 Å². The second-order valence-corrected chi connectivity index (χ2v) is 8.21. The van der Waals surface area contributed by atoms with Gasteiger partial charge >= 0.3 is 0 Å². The molecular formula is C21H22N4O3S. The molecule has 1 aromatic heterocycles. The van der Waals surface area contributed by atoms with Crippen LogP contribution >= 0.6 is 11.8 Å². The van der Waals surface area contributed by atoms with Gasteiger partial charge in [-0.2, -0.15) is 0 Å². The first-order valence-electron chi connectivity index (χ1n) is 9.63. The lowest BCUT2D eigenvalue weighted by atomic mass is 9.95. The molecule has 1 fully saturated rings. The predicted octanol–water partition coefficient (Wildman–Crippen LogP) is 2.29. The summed E-state index contributed by atoms with van der Waals surface area (Å²) < 4.78 is 0. The van der Waals surface area contributed by atoms with Crippen molar-refractivity contribution in [2.24, 2.45) is 5.92 Å². The van der Waals surface area contributed by atoms with Gasteiger partial charge in [0.2, 0.25) is 11.8 Å². The summed E-state index contributed by atoms with van der Waals surface area (Å²) in [6.45, 7) is 1.55. The molecule has 2 aromatic rings. The first-order valence-corrected chi connectivity index (χ1v) is 10.6. The van der Waals surface area contributed by atoms with Crippen LogP contribution in [0, 0.1) is 5.92 Å². The van der Waals surface area contributed by atoms with E-state index in [4.69, 9.17) is 0 Å². The van der Waals surface area contributed by atoms with Crippen LogP contribution in [0.2, 0.25) is 0 Å². The van der Waals surface area contributed by atoms with Crippen molar-refractivity contribution in [2.75, 3.05) is 24.2 Å². The van der Waals surface area contributed by atoms with E-state index in [1.807, 2.05) is 18.2 Å². The number of piperidine rings is 1. The SMILES string of the molecule is O=C1CSc2ccc(C(=O)N3CCC(C(=O)NCc4cccnc4)CC3)cc2N1. The molecule has 0 atom stereocenters. The van der Waals surface area contributed by atoms with E-state index in [2.05, 4.69) is 15.6 Å². The predicted molar refractivity (Wildman–Crippen MR) is 111 cm³/mol. The Morgan fingerprint density at radius 2 is 2.07 bits per heavy atom. The summed E-state index contributed by atoms with van der Waals surface area (Å²) >= 11 is 1.47. The molecular weight excluding hydrogens is 388 g/mol. The number of hydrogen-bond donors (Lipinski definition) is 2. The minimum Gasteiger partial charge on any atom is -0.352 e. The van der Waals surface area contributed by atoms with Crippen molar-refractivity contribution in [3.8, 4) is 0 Å². The molecule has 29 heavy (non-hydrogen) atoms. The Balaban J connectivity index is 1.31. The summed E-state index contributed by atoms with van der Waals surface area (Å²) in [4.78, 5) is 43.7. The van der Waals surface area contributed by atoms with Gasteiger partial charge in [0.15, 0.2) is 0 Å². The Bertz CT molecular complexity index is 927. The second kappa shape index (κ2) is 8.65. The van der Waals surface area contributed by atoms with Gasteiger partial charge in [-0.05, 0) is 42.7 Å². The number of amides is 3. The zero-order chi connectivity index (χ0) is 20.2. The molecule has 0 spiro atoms. The molecule has 0 bridgehead atoms. The van der Waals surface area contributed by atoms with E-state index in [-0.39, 0.29) is 23.6 Å². The molecule has 2 aliphatic heterocycles. The number of rotatable bonds is 4. The topological polar surface area (TPSA) is 91.4 Å². The van der Waals surface area contributed by atoms with E-state index >= 15 is 0 Å². The standard InChI is InChI=1S/C21H22N4O3S/c26-19-13-29-18-4-3-16(10-17(18)24-19)21(28)25-8-5-15(6-9-25)20(27)23-12-14-2-1-7-22-11-14/h1-4,7,10-11,15H,5-6,8-9,12-13H2,(H,23,27)(H,24,26). The fourth-order valence-corrected chi connectivity index (χ4v) is 4.37. The Labute approximate surface area is 173 Å². The summed E-state index contributed by atoms with van der Waals surface area (Å²) in [5, 5.41) is 5.78. The highest BCUT2D eigenvalue weighted by Crippen LogP contribution is 2.32. The summed E-state index contributed by atoms with van der Waals surface area (Å²) in [7, 11) is 0. The highest BCUT2D eigenvalue weighted by Gasteiger charge is 2.28. The zero-order valence-electron chi connectivity index (χ0n) is 15.9. The van der Waals surface area contributed by atoms with Crippen molar-refractivity contribution in [3.63, 3.8) is 0 Å². The average molecular weight is 410 g/mol. The van der Waals surface area contributed by atoms with Crippen molar-refractivity contribution in [1.82, 2.24) is 15.2 Å². The van der Waals surface area contributed by atoms with E-state index in [0.717, 1.165) is 10.5 Å². The van der Waals surface area contributed by atoms with Crippen LogP contribution in [-0.4, -0.2) is 46.4 Å². The lowest BCUT2D eigenvalue weighted by Gasteiger charge is -2.31. The van der Waals surface area contributed by atoms with E-state index in [0.29, 0.717) is 49.5 Å². The van der Waals surface area contributed by atoms with Gasteiger partial charge < -0.3 is 15.5 Å². The normalized spacial score (nSPS) is 16.7. The Kier molecular flexibility index (Phi) is 5.80. The largest absolute Gasteiger partial charge is 0.352 e. The van der Waals surface area contributed by atoms with Gasteiger partial charge in [0, 0.05) is 48.4 Å². The van der Waals surface area contributed by atoms with Crippen molar-refractivity contribution in [1.29, 1.82) is 0 Å². The number of nitrogens with zero attached hydrogens (tertiary/aromatic N) is 2. The molecule has 0 aliphatic carbocycles. The van der Waals surface area contributed by atoms with E-state index in [1.165, 1.54) is 11.8 Å². The molecule has 150 valence electrons. The number of aromatic nitrogens is 1. The molecule has 8 heteroatoms. The monoisotopic (exact) mass is 410 g/mol. The van der Waals surface area contributed by atoms with Crippen molar-refractivity contribution in [3.05, 3.63) is 53.9 Å². The number of carbonyl (C=O) groups is 3. The molecule has 0 saturated carbocycles. The Hall–Kier alpha value is -2.87. The fraction of sp³-hybridized carbons (Fsp3) is 0.333. The van der Waals surface area contributed by atoms with Crippen LogP contribution in [0.3, 0.4) is 0 Å². The molecule has 1 aromatic carbocycles. The van der Waals surface area contributed by atoms with Crippen LogP contribution in [0.4, 0.5) is 5.69 Å². The molecule has 7 nitrogen and oxygen atoms in total. The van der Waals surface area contributed by atoms with Crippen molar-refractivity contribution >= 4 is 35.2 Å². The third-order valence-electron chi connectivity index (χ3n) is 5.20. The zero-order valence-corrected chi connectivity index (χ0v) is 16.7. The van der Waals surface area contributed by atoms with E-state index < -0.39 is 0 Å². The van der Waals surface area contributed by atoms with E-state index in [1.54, 1.807) is 29.4 Å². The van der Waals surface area contributed by atoms with Gasteiger partial charge in [0.05, 0.1) is 11.4 Å². The van der Waals surface area contributed by atoms with Crippen LogP contribution in [-0.2, 0) is 16.1 Å². The summed E-state index contributed by atoms with van der Waals surface area (Å²) in [6, 6.07) is 9.20. The molecule has 4 rings (SSSR count). The number of thioether (sulfide) groups is 1. The highest BCUT2D eigenvalue weighted by molar-refractivity contribution is 8.00. The highest BCUT2D eigenvalue weighted by atomic mass is 32.2. The molecule has 3 heterocycles. The van der Waals surface area contributed by atoms with Gasteiger partial charge in [-0.1, -0.05) is 6.07 Å². The number of hydrogen-bond acceptors (Lipinski definition) is 5. The molecule has 0 unspecified atom stereocenters. The lowest BCUT2D eigenvalue weighted by Crippen LogP contribution is -2.43. The number of benzene rings is 1. The van der Waals surface area contributed by atoms with Gasteiger partial charge in [-0.15, -0.1) is 11.8 Å². The van der Waals surface area contributed by atoms with Crippen LogP contribution in [0.25, 0.3) is 0 Å². The van der Waals surface area contributed by atoms with Crippen molar-refractivity contribution < 1.29 is 14.4 Å². The number of pyridine rings is 1. The maximum Gasteiger partial charge on any atom is 0.253 e. The number of likely N-dealkylation sites (tertiary alicyclic amines) is 1. The average Bonchev–Trinajstić information content (AvgIpc) is 2.77. The molecule has 1 saturated heterocycles. The number of anilines is 1. The molecule has 2 N–H and O–H groups in total. The molecule has 3 amide bonds. The second-order valence-electron chi connectivity index (χ2n) is 7.19. The third-order valence-corrected chi connectivity index (χ3v) is 6.28. The summed E-state index contributed by atoms with van der Waals surface area (Å²) in [5.41, 5.74) is 2.22. The third kappa shape index (κ3) is 4.59. The van der Waals surface area contributed by atoms with E-state index in [9.17, 15) is 14.4 Å².